The summed E-state index contributed by atoms with van der Waals surface area (Å²) in [4.78, 5) is 33.9. The van der Waals surface area contributed by atoms with Crippen LogP contribution in [0.2, 0.25) is 0 Å². The molecular formula is C20H14N4O4S2. The zero-order valence-electron chi connectivity index (χ0n) is 15.4. The second-order valence-electron chi connectivity index (χ2n) is 6.52. The summed E-state index contributed by atoms with van der Waals surface area (Å²) in [6, 6.07) is 13.3. The molecule has 0 spiro atoms. The van der Waals surface area contributed by atoms with Crippen LogP contribution in [0.4, 0.5) is 20.4 Å². The minimum Gasteiger partial charge on any atom is -0.449 e. The normalized spacial score (nSPS) is 12.7. The van der Waals surface area contributed by atoms with Gasteiger partial charge in [0.15, 0.2) is 5.13 Å². The highest BCUT2D eigenvalue weighted by atomic mass is 32.1. The van der Waals surface area contributed by atoms with Gasteiger partial charge in [-0.3, -0.25) is 10.2 Å². The summed E-state index contributed by atoms with van der Waals surface area (Å²) in [6.07, 6.45) is -0.646. The fourth-order valence-corrected chi connectivity index (χ4v) is 4.91. The summed E-state index contributed by atoms with van der Waals surface area (Å²) in [7, 11) is 0. The number of hydrogen-bond donors (Lipinski definition) is 2. The number of para-hydroxylation sites is 1. The summed E-state index contributed by atoms with van der Waals surface area (Å²) >= 11 is 2.71. The van der Waals surface area contributed by atoms with Gasteiger partial charge in [0.1, 0.15) is 5.01 Å². The SMILES string of the molecule is O=C(O)Oc1csc(-c2ccc3c(c2)N(C(=O)Nc2nc4ccccc4s2)CC3)n1. The fraction of sp³-hybridized carbons (Fsp3) is 0.100. The van der Waals surface area contributed by atoms with Crippen molar-refractivity contribution in [2.24, 2.45) is 0 Å². The molecule has 2 aromatic heterocycles. The number of nitrogens with zero attached hydrogens (tertiary/aromatic N) is 3. The first kappa shape index (κ1) is 18.5. The monoisotopic (exact) mass is 438 g/mol. The molecule has 30 heavy (non-hydrogen) atoms. The molecule has 5 rings (SSSR count). The third-order valence-corrected chi connectivity index (χ3v) is 6.48. The van der Waals surface area contributed by atoms with Crippen LogP contribution in [0.15, 0.2) is 47.8 Å². The predicted molar refractivity (Wildman–Crippen MR) is 116 cm³/mol. The number of carboxylic acid groups (broad SMARTS) is 1. The van der Waals surface area contributed by atoms with Crippen molar-refractivity contribution in [2.75, 3.05) is 16.8 Å². The molecule has 0 saturated carbocycles. The molecule has 8 nitrogen and oxygen atoms in total. The lowest BCUT2D eigenvalue weighted by atomic mass is 10.1. The predicted octanol–water partition coefficient (Wildman–Crippen LogP) is 5.07. The fourth-order valence-electron chi connectivity index (χ4n) is 3.34. The number of aromatic nitrogens is 2. The Balaban J connectivity index is 1.39. The maximum absolute atomic E-state index is 12.9. The van der Waals surface area contributed by atoms with E-state index in [4.69, 9.17) is 5.11 Å². The minimum absolute atomic E-state index is 0.0356. The van der Waals surface area contributed by atoms with Gasteiger partial charge in [0, 0.05) is 17.8 Å². The van der Waals surface area contributed by atoms with Crippen molar-refractivity contribution in [3.63, 3.8) is 0 Å². The molecule has 150 valence electrons. The van der Waals surface area contributed by atoms with Crippen molar-refractivity contribution < 1.29 is 19.4 Å². The van der Waals surface area contributed by atoms with Gasteiger partial charge >= 0.3 is 12.2 Å². The largest absolute Gasteiger partial charge is 0.512 e. The van der Waals surface area contributed by atoms with Crippen LogP contribution in [0.25, 0.3) is 20.8 Å². The highest BCUT2D eigenvalue weighted by Crippen LogP contribution is 2.35. The zero-order valence-corrected chi connectivity index (χ0v) is 17.0. The molecule has 2 aromatic carbocycles. The molecule has 0 atom stereocenters. The summed E-state index contributed by atoms with van der Waals surface area (Å²) in [6.45, 7) is 0.570. The second kappa shape index (κ2) is 7.39. The van der Waals surface area contributed by atoms with Crippen LogP contribution < -0.4 is 15.0 Å². The molecule has 2 amide bonds. The Kier molecular flexibility index (Phi) is 4.57. The molecule has 1 aliphatic rings. The highest BCUT2D eigenvalue weighted by molar-refractivity contribution is 7.22. The first-order chi connectivity index (χ1) is 14.6. The quantitative estimate of drug-likeness (QED) is 0.433. The topological polar surface area (TPSA) is 105 Å². The smallest absolute Gasteiger partial charge is 0.449 e. The van der Waals surface area contributed by atoms with Crippen molar-refractivity contribution in [2.45, 2.75) is 6.42 Å². The Hall–Kier alpha value is -3.50. The zero-order chi connectivity index (χ0) is 20.7. The number of ether oxygens (including phenoxy) is 1. The van der Waals surface area contributed by atoms with Gasteiger partial charge in [-0.2, -0.15) is 0 Å². The van der Waals surface area contributed by atoms with E-state index in [9.17, 15) is 9.59 Å². The number of thiazole rings is 2. The number of hydrogen-bond acceptors (Lipinski definition) is 7. The first-order valence-corrected chi connectivity index (χ1v) is 10.7. The van der Waals surface area contributed by atoms with Crippen LogP contribution in [0.1, 0.15) is 5.56 Å². The third-order valence-electron chi connectivity index (χ3n) is 4.66. The van der Waals surface area contributed by atoms with Crippen LogP contribution in [0, 0.1) is 0 Å². The van der Waals surface area contributed by atoms with Crippen LogP contribution in [-0.4, -0.2) is 33.8 Å². The van der Waals surface area contributed by atoms with E-state index < -0.39 is 6.16 Å². The summed E-state index contributed by atoms with van der Waals surface area (Å²) in [5.41, 5.74) is 3.52. The van der Waals surface area contributed by atoms with Crippen LogP contribution in [0.5, 0.6) is 5.88 Å². The van der Waals surface area contributed by atoms with E-state index >= 15 is 0 Å². The second-order valence-corrected chi connectivity index (χ2v) is 8.41. The number of amides is 2. The van der Waals surface area contributed by atoms with E-state index in [1.807, 2.05) is 42.5 Å². The van der Waals surface area contributed by atoms with Gasteiger partial charge in [-0.05, 0) is 30.2 Å². The molecule has 1 aliphatic heterocycles. The molecule has 4 aromatic rings. The lowest BCUT2D eigenvalue weighted by Gasteiger charge is -2.17. The average Bonchev–Trinajstić information content (AvgIpc) is 3.44. The Morgan fingerprint density at radius 2 is 2.03 bits per heavy atom. The van der Waals surface area contributed by atoms with Gasteiger partial charge < -0.3 is 9.84 Å². The van der Waals surface area contributed by atoms with Gasteiger partial charge in [-0.1, -0.05) is 35.6 Å². The van der Waals surface area contributed by atoms with E-state index in [0.717, 1.165) is 33.5 Å². The average molecular weight is 438 g/mol. The summed E-state index contributed by atoms with van der Waals surface area (Å²) in [5, 5.41) is 14.3. The number of urea groups is 1. The van der Waals surface area contributed by atoms with E-state index in [1.165, 1.54) is 28.1 Å². The molecule has 0 bridgehead atoms. The molecule has 0 fully saturated rings. The minimum atomic E-state index is -1.40. The van der Waals surface area contributed by atoms with E-state index in [0.29, 0.717) is 16.7 Å². The Bertz CT molecular complexity index is 1250. The van der Waals surface area contributed by atoms with Gasteiger partial charge in [0.05, 0.1) is 15.6 Å². The molecule has 0 saturated heterocycles. The summed E-state index contributed by atoms with van der Waals surface area (Å²) in [5.74, 6) is 0.0356. The Morgan fingerprint density at radius 1 is 1.17 bits per heavy atom. The lowest BCUT2D eigenvalue weighted by molar-refractivity contribution is 0.143. The molecule has 10 heteroatoms. The van der Waals surface area contributed by atoms with Crippen LogP contribution >= 0.6 is 22.7 Å². The van der Waals surface area contributed by atoms with Gasteiger partial charge in [-0.15, -0.1) is 11.3 Å². The Labute approximate surface area is 178 Å². The van der Waals surface area contributed by atoms with Crippen molar-refractivity contribution >= 4 is 55.9 Å². The van der Waals surface area contributed by atoms with Gasteiger partial charge in [0.2, 0.25) is 5.88 Å². The van der Waals surface area contributed by atoms with E-state index in [2.05, 4.69) is 20.0 Å². The number of carbonyl (C=O) groups is 2. The van der Waals surface area contributed by atoms with E-state index in [-0.39, 0.29) is 11.9 Å². The number of carbonyl (C=O) groups excluding carboxylic acids is 1. The van der Waals surface area contributed by atoms with Crippen molar-refractivity contribution in [3.8, 4) is 16.5 Å². The molecule has 0 radical (unpaired) electrons. The number of rotatable bonds is 3. The molecule has 0 unspecified atom stereocenters. The Morgan fingerprint density at radius 3 is 2.87 bits per heavy atom. The molecule has 0 aliphatic carbocycles. The number of benzene rings is 2. The maximum atomic E-state index is 12.9. The molecular weight excluding hydrogens is 424 g/mol. The van der Waals surface area contributed by atoms with Gasteiger partial charge in [0.25, 0.3) is 0 Å². The van der Waals surface area contributed by atoms with Crippen molar-refractivity contribution in [1.29, 1.82) is 0 Å². The van der Waals surface area contributed by atoms with Crippen molar-refractivity contribution in [1.82, 2.24) is 9.97 Å². The van der Waals surface area contributed by atoms with Gasteiger partial charge in [-0.25, -0.2) is 19.6 Å². The third kappa shape index (κ3) is 3.46. The number of anilines is 2. The standard InChI is InChI=1S/C20H14N4O4S2/c25-19(23-18-21-13-3-1-2-4-15(13)30-18)24-8-7-11-5-6-12(9-14(11)24)17-22-16(10-29-17)28-20(26)27/h1-6,9-10H,7-8H2,(H,26,27)(H,21,23,25). The molecule has 2 N–H and O–H groups in total. The molecule has 3 heterocycles. The lowest BCUT2D eigenvalue weighted by Crippen LogP contribution is -2.33. The number of nitrogens with one attached hydrogen (secondary N) is 1. The number of fused-ring (bicyclic) bond motifs is 2. The summed E-state index contributed by atoms with van der Waals surface area (Å²) < 4.78 is 5.61. The van der Waals surface area contributed by atoms with E-state index in [1.54, 1.807) is 4.90 Å². The maximum Gasteiger partial charge on any atom is 0.512 e. The van der Waals surface area contributed by atoms with Crippen LogP contribution in [-0.2, 0) is 6.42 Å². The highest BCUT2D eigenvalue weighted by Gasteiger charge is 2.26. The van der Waals surface area contributed by atoms with Crippen molar-refractivity contribution in [3.05, 3.63) is 53.4 Å². The van der Waals surface area contributed by atoms with Crippen LogP contribution in [0.3, 0.4) is 0 Å². The first-order valence-electron chi connectivity index (χ1n) is 9.00.